The number of aromatic nitrogens is 1. The van der Waals surface area contributed by atoms with Gasteiger partial charge in [-0.25, -0.2) is 4.79 Å². The molecule has 0 radical (unpaired) electrons. The van der Waals surface area contributed by atoms with E-state index in [0.717, 1.165) is 19.6 Å². The number of rotatable bonds is 3. The Morgan fingerprint density at radius 1 is 1.50 bits per heavy atom. The molecule has 2 heterocycles. The molecule has 1 aromatic heterocycles. The van der Waals surface area contributed by atoms with Gasteiger partial charge in [0.1, 0.15) is 5.75 Å². The van der Waals surface area contributed by atoms with Crippen molar-refractivity contribution >= 4 is 16.8 Å². The predicted octanol–water partition coefficient (Wildman–Crippen LogP) is 1.12. The highest BCUT2D eigenvalue weighted by Gasteiger charge is 2.17. The van der Waals surface area contributed by atoms with Crippen LogP contribution in [0.4, 0.5) is 5.69 Å². The highest BCUT2D eigenvalue weighted by molar-refractivity contribution is 5.80. The van der Waals surface area contributed by atoms with Gasteiger partial charge < -0.3 is 19.6 Å². The van der Waals surface area contributed by atoms with Crippen LogP contribution < -0.4 is 16.2 Å². The van der Waals surface area contributed by atoms with Gasteiger partial charge in [0.25, 0.3) is 0 Å². The van der Waals surface area contributed by atoms with E-state index in [0.29, 0.717) is 35.1 Å². The molecule has 96 valence electrons. The molecule has 3 N–H and O–H groups in total. The summed E-state index contributed by atoms with van der Waals surface area (Å²) in [6.07, 6.45) is 1.00. The second kappa shape index (κ2) is 4.38. The normalized spacial score (nSPS) is 19.4. The van der Waals surface area contributed by atoms with Crippen molar-refractivity contribution in [3.05, 3.63) is 22.7 Å². The Balaban J connectivity index is 1.81. The molecule has 1 saturated heterocycles. The number of nitrogen functional groups attached to an aromatic ring is 1. The first-order chi connectivity index (χ1) is 8.72. The average molecular weight is 250 g/mol. The number of oxazole rings is 1. The molecule has 0 bridgehead atoms. The Morgan fingerprint density at radius 2 is 2.39 bits per heavy atom. The Kier molecular flexibility index (Phi) is 2.71. The fraction of sp³-hybridized carbons (Fsp3) is 0.417. The van der Waals surface area contributed by atoms with Gasteiger partial charge in [0.2, 0.25) is 0 Å². The second-order valence-electron chi connectivity index (χ2n) is 4.44. The number of fused-ring (bicyclic) bond motifs is 1. The molecule has 1 unspecified atom stereocenters. The summed E-state index contributed by atoms with van der Waals surface area (Å²) in [5, 5.41) is 0. The molecule has 1 aliphatic heterocycles. The molecule has 0 saturated carbocycles. The largest absolute Gasteiger partial charge is 0.491 e. The van der Waals surface area contributed by atoms with Gasteiger partial charge in [-0.15, -0.1) is 0 Å². The Labute approximate surface area is 103 Å². The molecule has 1 aliphatic rings. The van der Waals surface area contributed by atoms with Crippen molar-refractivity contribution in [2.45, 2.75) is 6.42 Å². The molecule has 0 spiro atoms. The van der Waals surface area contributed by atoms with Crippen LogP contribution in [0.2, 0.25) is 0 Å². The third-order valence-corrected chi connectivity index (χ3v) is 3.05. The molecular formula is C12H14N2O4. The van der Waals surface area contributed by atoms with Crippen molar-refractivity contribution in [2.24, 2.45) is 5.92 Å². The van der Waals surface area contributed by atoms with Gasteiger partial charge in [0.15, 0.2) is 5.58 Å². The summed E-state index contributed by atoms with van der Waals surface area (Å²) in [5.74, 6) is 0.473. The lowest BCUT2D eigenvalue weighted by Crippen LogP contribution is -2.12. The van der Waals surface area contributed by atoms with Gasteiger partial charge >= 0.3 is 5.76 Å². The average Bonchev–Trinajstić information content (AvgIpc) is 2.94. The molecule has 0 amide bonds. The van der Waals surface area contributed by atoms with E-state index in [9.17, 15) is 4.79 Å². The van der Waals surface area contributed by atoms with Crippen LogP contribution in [0, 0.1) is 5.92 Å². The number of nitrogens with one attached hydrogen (secondary N) is 1. The van der Waals surface area contributed by atoms with Crippen molar-refractivity contribution in [3.8, 4) is 5.75 Å². The number of hydrogen-bond acceptors (Lipinski definition) is 5. The summed E-state index contributed by atoms with van der Waals surface area (Å²) >= 11 is 0. The minimum Gasteiger partial charge on any atom is -0.491 e. The summed E-state index contributed by atoms with van der Waals surface area (Å²) in [4.78, 5) is 13.6. The van der Waals surface area contributed by atoms with Crippen molar-refractivity contribution in [2.75, 3.05) is 25.6 Å². The third-order valence-electron chi connectivity index (χ3n) is 3.05. The van der Waals surface area contributed by atoms with Crippen LogP contribution in [-0.2, 0) is 4.74 Å². The van der Waals surface area contributed by atoms with Gasteiger partial charge in [-0.05, 0) is 6.42 Å². The van der Waals surface area contributed by atoms with E-state index >= 15 is 0 Å². The molecule has 0 aliphatic carbocycles. The number of aromatic amines is 1. The van der Waals surface area contributed by atoms with E-state index in [2.05, 4.69) is 4.98 Å². The number of H-pyrrole nitrogens is 1. The zero-order valence-corrected chi connectivity index (χ0v) is 9.77. The Morgan fingerprint density at radius 3 is 3.17 bits per heavy atom. The molecule has 3 rings (SSSR count). The highest BCUT2D eigenvalue weighted by Crippen LogP contribution is 2.27. The van der Waals surface area contributed by atoms with Crippen LogP contribution in [0.15, 0.2) is 21.3 Å². The molecular weight excluding hydrogens is 236 g/mol. The molecule has 1 atom stereocenters. The monoisotopic (exact) mass is 250 g/mol. The smallest absolute Gasteiger partial charge is 0.417 e. The van der Waals surface area contributed by atoms with Crippen molar-refractivity contribution < 1.29 is 13.9 Å². The van der Waals surface area contributed by atoms with Gasteiger partial charge in [0, 0.05) is 24.7 Å². The van der Waals surface area contributed by atoms with Crippen LogP contribution in [0.25, 0.3) is 11.1 Å². The minimum absolute atomic E-state index is 0.406. The zero-order chi connectivity index (χ0) is 12.5. The van der Waals surface area contributed by atoms with Crippen LogP contribution in [0.5, 0.6) is 5.75 Å². The van der Waals surface area contributed by atoms with E-state index in [1.54, 1.807) is 12.1 Å². The molecule has 18 heavy (non-hydrogen) atoms. The number of benzene rings is 1. The highest BCUT2D eigenvalue weighted by atomic mass is 16.5. The maximum Gasteiger partial charge on any atom is 0.417 e. The van der Waals surface area contributed by atoms with Crippen LogP contribution >= 0.6 is 0 Å². The fourth-order valence-electron chi connectivity index (χ4n) is 2.04. The summed E-state index contributed by atoms with van der Waals surface area (Å²) in [6.45, 7) is 2.08. The van der Waals surface area contributed by atoms with E-state index in [-0.39, 0.29) is 0 Å². The molecule has 1 fully saturated rings. The molecule has 6 nitrogen and oxygen atoms in total. The van der Waals surface area contributed by atoms with E-state index < -0.39 is 5.76 Å². The maximum absolute atomic E-state index is 11.1. The summed E-state index contributed by atoms with van der Waals surface area (Å²) < 4.78 is 15.9. The maximum atomic E-state index is 11.1. The molecule has 6 heteroatoms. The van der Waals surface area contributed by atoms with Crippen molar-refractivity contribution in [1.82, 2.24) is 4.98 Å². The Bertz CT molecular complexity index is 610. The fourth-order valence-corrected chi connectivity index (χ4v) is 2.04. The SMILES string of the molecule is Nc1cc2oc(=O)[nH]c2cc1OCC1CCOC1. The predicted molar refractivity (Wildman–Crippen MR) is 65.7 cm³/mol. The summed E-state index contributed by atoms with van der Waals surface area (Å²) in [6, 6.07) is 3.28. The summed E-state index contributed by atoms with van der Waals surface area (Å²) in [5.41, 5.74) is 7.34. The van der Waals surface area contributed by atoms with Gasteiger partial charge in [-0.2, -0.15) is 0 Å². The first kappa shape index (κ1) is 11.2. The van der Waals surface area contributed by atoms with Crippen molar-refractivity contribution in [3.63, 3.8) is 0 Å². The Hall–Kier alpha value is -1.95. The lowest BCUT2D eigenvalue weighted by molar-refractivity contribution is 0.167. The second-order valence-corrected chi connectivity index (χ2v) is 4.44. The standard InChI is InChI=1S/C12H14N2O4/c13-8-3-11-9(14-12(15)18-11)4-10(8)17-6-7-1-2-16-5-7/h3-4,7H,1-2,5-6,13H2,(H,14,15). The molecule has 1 aromatic carbocycles. The lowest BCUT2D eigenvalue weighted by Gasteiger charge is -2.11. The minimum atomic E-state index is -0.495. The van der Waals surface area contributed by atoms with Gasteiger partial charge in [0.05, 0.1) is 24.4 Å². The first-order valence-electron chi connectivity index (χ1n) is 5.85. The van der Waals surface area contributed by atoms with Gasteiger partial charge in [-0.1, -0.05) is 0 Å². The first-order valence-corrected chi connectivity index (χ1v) is 5.85. The van der Waals surface area contributed by atoms with Crippen LogP contribution in [0.1, 0.15) is 6.42 Å². The van der Waals surface area contributed by atoms with Crippen LogP contribution in [0.3, 0.4) is 0 Å². The van der Waals surface area contributed by atoms with E-state index in [4.69, 9.17) is 19.6 Å². The van der Waals surface area contributed by atoms with E-state index in [1.165, 1.54) is 0 Å². The number of ether oxygens (including phenoxy) is 2. The van der Waals surface area contributed by atoms with Crippen molar-refractivity contribution in [1.29, 1.82) is 0 Å². The van der Waals surface area contributed by atoms with E-state index in [1.807, 2.05) is 0 Å². The quantitative estimate of drug-likeness (QED) is 0.796. The number of anilines is 1. The molecule has 2 aromatic rings. The number of hydrogen-bond donors (Lipinski definition) is 2. The van der Waals surface area contributed by atoms with Gasteiger partial charge in [-0.3, -0.25) is 4.98 Å². The number of nitrogens with two attached hydrogens (primary N) is 1. The lowest BCUT2D eigenvalue weighted by atomic mass is 10.1. The van der Waals surface area contributed by atoms with Crippen LogP contribution in [-0.4, -0.2) is 24.8 Å². The topological polar surface area (TPSA) is 90.5 Å². The zero-order valence-electron chi connectivity index (χ0n) is 9.77. The summed E-state index contributed by atoms with van der Waals surface area (Å²) in [7, 11) is 0. The third kappa shape index (κ3) is 2.06.